The number of hydrogen-bond donors (Lipinski definition) is 1. The zero-order valence-corrected chi connectivity index (χ0v) is 11.0. The van der Waals surface area contributed by atoms with E-state index in [4.69, 9.17) is 11.6 Å². The number of alkyl halides is 1. The second kappa shape index (κ2) is 4.73. The highest BCUT2D eigenvalue weighted by Gasteiger charge is 2.41. The van der Waals surface area contributed by atoms with Crippen LogP contribution in [0.4, 0.5) is 5.82 Å². The molecule has 0 spiro atoms. The fraction of sp³-hybridized carbons (Fsp3) is 0.429. The number of anilines is 1. The van der Waals surface area contributed by atoms with Gasteiger partial charge in [-0.05, 0) is 24.7 Å². The van der Waals surface area contributed by atoms with E-state index in [-0.39, 0.29) is 0 Å². The van der Waals surface area contributed by atoms with Crippen molar-refractivity contribution in [2.45, 2.75) is 19.3 Å². The molecular weight excluding hydrogens is 246 g/mol. The molecule has 0 radical (unpaired) electrons. The minimum absolute atomic E-state index is 0.403. The van der Waals surface area contributed by atoms with Crippen LogP contribution < -0.4 is 5.32 Å². The van der Waals surface area contributed by atoms with Crippen molar-refractivity contribution in [1.82, 2.24) is 10.2 Å². The van der Waals surface area contributed by atoms with E-state index in [1.807, 2.05) is 12.1 Å². The maximum Gasteiger partial charge on any atom is 0.156 e. The Labute approximate surface area is 112 Å². The minimum Gasteiger partial charge on any atom is -0.368 e. The zero-order chi connectivity index (χ0) is 12.4. The topological polar surface area (TPSA) is 37.8 Å². The third-order valence-corrected chi connectivity index (χ3v) is 3.97. The molecule has 0 bridgehead atoms. The van der Waals surface area contributed by atoms with Crippen LogP contribution >= 0.6 is 11.6 Å². The van der Waals surface area contributed by atoms with Crippen molar-refractivity contribution < 1.29 is 0 Å². The Bertz CT molecular complexity index is 546. The van der Waals surface area contributed by atoms with Crippen LogP contribution in [-0.4, -0.2) is 22.6 Å². The van der Waals surface area contributed by atoms with Gasteiger partial charge in [0.05, 0.1) is 6.20 Å². The second-order valence-corrected chi connectivity index (χ2v) is 5.45. The lowest BCUT2D eigenvalue weighted by Gasteiger charge is -2.15. The van der Waals surface area contributed by atoms with Crippen molar-refractivity contribution in [3.8, 4) is 0 Å². The summed E-state index contributed by atoms with van der Waals surface area (Å²) < 4.78 is 0. The molecule has 4 heteroatoms. The van der Waals surface area contributed by atoms with Gasteiger partial charge in [0.15, 0.2) is 5.82 Å². The summed E-state index contributed by atoms with van der Waals surface area (Å²) in [5.74, 6) is 1.62. The lowest BCUT2D eigenvalue weighted by atomic mass is 10.0. The smallest absolute Gasteiger partial charge is 0.156 e. The number of nitrogens with one attached hydrogen (secondary N) is 1. The Morgan fingerprint density at radius 2 is 2.11 bits per heavy atom. The van der Waals surface area contributed by atoms with Gasteiger partial charge in [0, 0.05) is 23.2 Å². The van der Waals surface area contributed by atoms with Gasteiger partial charge in [0.1, 0.15) is 0 Å². The summed E-state index contributed by atoms with van der Waals surface area (Å²) in [4.78, 5) is 0. The second-order valence-electron chi connectivity index (χ2n) is 5.07. The molecule has 1 aromatic carbocycles. The molecule has 1 heterocycles. The van der Waals surface area contributed by atoms with Crippen LogP contribution in [0.3, 0.4) is 0 Å². The predicted molar refractivity (Wildman–Crippen MR) is 75.0 cm³/mol. The van der Waals surface area contributed by atoms with Gasteiger partial charge in [-0.25, -0.2) is 0 Å². The maximum absolute atomic E-state index is 5.85. The molecular formula is C14H16ClN3. The number of benzene rings is 1. The van der Waals surface area contributed by atoms with E-state index in [1.165, 1.54) is 12.8 Å². The van der Waals surface area contributed by atoms with E-state index >= 15 is 0 Å². The first-order valence-corrected chi connectivity index (χ1v) is 6.87. The number of hydrogen-bond acceptors (Lipinski definition) is 3. The fourth-order valence-corrected chi connectivity index (χ4v) is 2.72. The van der Waals surface area contributed by atoms with Crippen molar-refractivity contribution >= 4 is 28.2 Å². The van der Waals surface area contributed by atoms with Crippen LogP contribution in [0.2, 0.25) is 0 Å². The van der Waals surface area contributed by atoms with Crippen molar-refractivity contribution in [1.29, 1.82) is 0 Å². The lowest BCUT2D eigenvalue weighted by Crippen LogP contribution is -2.17. The molecule has 1 aromatic heterocycles. The number of aromatic nitrogens is 2. The van der Waals surface area contributed by atoms with Crippen LogP contribution in [0.25, 0.3) is 10.8 Å². The molecule has 0 atom stereocenters. The molecule has 1 fully saturated rings. The Balaban J connectivity index is 1.79. The highest BCUT2D eigenvalue weighted by molar-refractivity contribution is 6.17. The third-order valence-electron chi connectivity index (χ3n) is 3.78. The maximum atomic E-state index is 5.85. The summed E-state index contributed by atoms with van der Waals surface area (Å²) in [6.45, 7) is 0.947. The summed E-state index contributed by atoms with van der Waals surface area (Å²) in [5, 5.41) is 13.9. The predicted octanol–water partition coefficient (Wildman–Crippen LogP) is 3.45. The average Bonchev–Trinajstić information content (AvgIpc) is 3.17. The number of fused-ring (bicyclic) bond motifs is 1. The Morgan fingerprint density at radius 3 is 2.89 bits per heavy atom. The Hall–Kier alpha value is -1.35. The van der Waals surface area contributed by atoms with Crippen molar-refractivity contribution in [2.75, 3.05) is 17.7 Å². The molecule has 3 nitrogen and oxygen atoms in total. The molecule has 1 N–H and O–H groups in total. The molecule has 0 saturated heterocycles. The first-order valence-electron chi connectivity index (χ1n) is 6.33. The van der Waals surface area contributed by atoms with Gasteiger partial charge in [-0.3, -0.25) is 0 Å². The Kier molecular flexibility index (Phi) is 3.08. The average molecular weight is 262 g/mol. The van der Waals surface area contributed by atoms with Gasteiger partial charge < -0.3 is 5.32 Å². The molecule has 0 amide bonds. The van der Waals surface area contributed by atoms with E-state index in [1.54, 1.807) is 6.20 Å². The standard InChI is InChI=1S/C14H16ClN3/c15-8-7-14(5-6-14)10-16-13-12-4-2-1-3-11(12)9-17-18-13/h1-4,9H,5-8,10H2,(H,16,18). The van der Waals surface area contributed by atoms with Gasteiger partial charge >= 0.3 is 0 Å². The Morgan fingerprint density at radius 1 is 1.28 bits per heavy atom. The lowest BCUT2D eigenvalue weighted by molar-refractivity contribution is 0.524. The largest absolute Gasteiger partial charge is 0.368 e. The quantitative estimate of drug-likeness (QED) is 0.838. The monoisotopic (exact) mass is 261 g/mol. The van der Waals surface area contributed by atoms with Crippen LogP contribution in [0.1, 0.15) is 19.3 Å². The van der Waals surface area contributed by atoms with E-state index in [0.717, 1.165) is 35.4 Å². The summed E-state index contributed by atoms with van der Waals surface area (Å²) in [5.41, 5.74) is 0.403. The van der Waals surface area contributed by atoms with E-state index in [9.17, 15) is 0 Å². The van der Waals surface area contributed by atoms with Gasteiger partial charge in [0.2, 0.25) is 0 Å². The minimum atomic E-state index is 0.403. The summed E-state index contributed by atoms with van der Waals surface area (Å²) >= 11 is 5.85. The molecule has 1 aliphatic carbocycles. The van der Waals surface area contributed by atoms with Gasteiger partial charge in [-0.2, -0.15) is 5.10 Å². The molecule has 1 aliphatic rings. The highest BCUT2D eigenvalue weighted by atomic mass is 35.5. The summed E-state index contributed by atoms with van der Waals surface area (Å²) in [7, 11) is 0. The highest BCUT2D eigenvalue weighted by Crippen LogP contribution is 2.49. The number of halogens is 1. The molecule has 2 aromatic rings. The van der Waals surface area contributed by atoms with E-state index in [0.29, 0.717) is 5.41 Å². The summed E-state index contributed by atoms with van der Waals surface area (Å²) in [6, 6.07) is 8.18. The molecule has 0 aliphatic heterocycles. The van der Waals surface area contributed by atoms with Gasteiger partial charge in [0.25, 0.3) is 0 Å². The summed E-state index contributed by atoms with van der Waals surface area (Å²) in [6.07, 6.45) is 5.42. The molecule has 0 unspecified atom stereocenters. The van der Waals surface area contributed by atoms with Crippen LogP contribution in [0, 0.1) is 5.41 Å². The van der Waals surface area contributed by atoms with Gasteiger partial charge in [-0.1, -0.05) is 24.3 Å². The molecule has 3 rings (SSSR count). The van der Waals surface area contributed by atoms with Crippen molar-refractivity contribution in [3.63, 3.8) is 0 Å². The van der Waals surface area contributed by atoms with E-state index in [2.05, 4.69) is 27.6 Å². The normalized spacial score (nSPS) is 16.7. The molecule has 18 heavy (non-hydrogen) atoms. The van der Waals surface area contributed by atoms with Crippen LogP contribution in [0.15, 0.2) is 30.5 Å². The van der Waals surface area contributed by atoms with Gasteiger partial charge in [-0.15, -0.1) is 16.7 Å². The van der Waals surface area contributed by atoms with Crippen LogP contribution in [-0.2, 0) is 0 Å². The number of nitrogens with zero attached hydrogens (tertiary/aromatic N) is 2. The first-order chi connectivity index (χ1) is 8.83. The van der Waals surface area contributed by atoms with Crippen molar-refractivity contribution in [2.24, 2.45) is 5.41 Å². The van der Waals surface area contributed by atoms with E-state index < -0.39 is 0 Å². The first kappa shape index (κ1) is 11.7. The third kappa shape index (κ3) is 2.27. The van der Waals surface area contributed by atoms with Crippen LogP contribution in [0.5, 0.6) is 0 Å². The SMILES string of the molecule is ClCCC1(CNc2nncc3ccccc23)CC1. The molecule has 94 valence electrons. The molecule has 1 saturated carbocycles. The fourth-order valence-electron chi connectivity index (χ4n) is 2.32. The van der Waals surface area contributed by atoms with Crippen molar-refractivity contribution in [3.05, 3.63) is 30.5 Å². The number of rotatable bonds is 5. The zero-order valence-electron chi connectivity index (χ0n) is 10.2.